The van der Waals surface area contributed by atoms with Crippen LogP contribution in [0.4, 0.5) is 33.3 Å². The second-order valence-corrected chi connectivity index (χ2v) is 8.75. The molecular formula is C22H13F5N2O3S. The summed E-state index contributed by atoms with van der Waals surface area (Å²) >= 11 is 0. The van der Waals surface area contributed by atoms with Crippen molar-refractivity contribution < 1.29 is 35.2 Å². The Morgan fingerprint density at radius 2 is 1.61 bits per heavy atom. The first-order valence-corrected chi connectivity index (χ1v) is 10.7. The van der Waals surface area contributed by atoms with Gasteiger partial charge in [-0.1, -0.05) is 0 Å². The third kappa shape index (κ3) is 4.58. The van der Waals surface area contributed by atoms with E-state index in [0.717, 1.165) is 42.5 Å². The van der Waals surface area contributed by atoms with Crippen molar-refractivity contribution in [1.82, 2.24) is 0 Å². The SMILES string of the molecule is O=C1Nc2ccc(S(=O)(=O)Nc3ccc(C(F)(F)F)cc3)cc2C1=Cc1ccc(F)cc1F. The summed E-state index contributed by atoms with van der Waals surface area (Å²) in [5, 5.41) is 2.52. The molecule has 3 aromatic rings. The van der Waals surface area contributed by atoms with E-state index in [1.165, 1.54) is 18.2 Å². The average Bonchev–Trinajstić information content (AvgIpc) is 3.04. The Hall–Kier alpha value is -3.73. The summed E-state index contributed by atoms with van der Waals surface area (Å²) in [6.45, 7) is 0. The summed E-state index contributed by atoms with van der Waals surface area (Å²) in [7, 11) is -4.23. The molecular weight excluding hydrogens is 467 g/mol. The van der Waals surface area contributed by atoms with Gasteiger partial charge in [0.15, 0.2) is 0 Å². The molecule has 1 aliphatic heterocycles. The van der Waals surface area contributed by atoms with E-state index in [-0.39, 0.29) is 33.0 Å². The minimum absolute atomic E-state index is 0.0397. The molecule has 0 saturated heterocycles. The summed E-state index contributed by atoms with van der Waals surface area (Å²) in [6.07, 6.45) is -3.40. The number of carbonyl (C=O) groups is 1. The lowest BCUT2D eigenvalue weighted by Gasteiger charge is -2.11. The fourth-order valence-corrected chi connectivity index (χ4v) is 4.28. The highest BCUT2D eigenvalue weighted by Crippen LogP contribution is 2.36. The van der Waals surface area contributed by atoms with Crippen molar-refractivity contribution in [2.75, 3.05) is 10.0 Å². The Kier molecular flexibility index (Phi) is 5.44. The van der Waals surface area contributed by atoms with Gasteiger partial charge < -0.3 is 5.32 Å². The van der Waals surface area contributed by atoms with Gasteiger partial charge >= 0.3 is 6.18 Å². The predicted octanol–water partition coefficient (Wildman–Crippen LogP) is 5.28. The van der Waals surface area contributed by atoms with Gasteiger partial charge in [-0.25, -0.2) is 17.2 Å². The van der Waals surface area contributed by atoms with Crippen LogP contribution in [0.5, 0.6) is 0 Å². The molecule has 0 saturated carbocycles. The van der Waals surface area contributed by atoms with E-state index in [1.807, 2.05) is 0 Å². The van der Waals surface area contributed by atoms with Gasteiger partial charge in [0.1, 0.15) is 11.6 Å². The maximum atomic E-state index is 14.0. The Bertz CT molecular complexity index is 1400. The second-order valence-electron chi connectivity index (χ2n) is 7.07. The van der Waals surface area contributed by atoms with Crippen LogP contribution < -0.4 is 10.0 Å². The Morgan fingerprint density at radius 1 is 0.909 bits per heavy atom. The number of amides is 1. The Labute approximate surface area is 184 Å². The number of carbonyl (C=O) groups excluding carboxylic acids is 1. The second kappa shape index (κ2) is 8.00. The van der Waals surface area contributed by atoms with E-state index in [1.54, 1.807) is 0 Å². The lowest BCUT2D eigenvalue weighted by molar-refractivity contribution is -0.137. The summed E-state index contributed by atoms with van der Waals surface area (Å²) in [6, 6.07) is 9.92. The van der Waals surface area contributed by atoms with Gasteiger partial charge in [-0.15, -0.1) is 0 Å². The van der Waals surface area contributed by atoms with Crippen molar-refractivity contribution in [2.24, 2.45) is 0 Å². The molecule has 0 fully saturated rings. The van der Waals surface area contributed by atoms with E-state index >= 15 is 0 Å². The van der Waals surface area contributed by atoms with Crippen molar-refractivity contribution in [2.45, 2.75) is 11.1 Å². The van der Waals surface area contributed by atoms with Crippen LogP contribution in [-0.4, -0.2) is 14.3 Å². The molecule has 3 aromatic carbocycles. The van der Waals surface area contributed by atoms with Crippen molar-refractivity contribution in [3.8, 4) is 0 Å². The number of hydrogen-bond donors (Lipinski definition) is 2. The molecule has 0 unspecified atom stereocenters. The molecule has 0 aliphatic carbocycles. The van der Waals surface area contributed by atoms with Gasteiger partial charge in [-0.3, -0.25) is 9.52 Å². The molecule has 0 spiro atoms. The van der Waals surface area contributed by atoms with Crippen LogP contribution >= 0.6 is 0 Å². The normalized spacial score (nSPS) is 14.8. The zero-order valence-electron chi connectivity index (χ0n) is 16.4. The summed E-state index contributed by atoms with van der Waals surface area (Å²) in [4.78, 5) is 12.1. The third-order valence-electron chi connectivity index (χ3n) is 4.81. The monoisotopic (exact) mass is 480 g/mol. The zero-order valence-corrected chi connectivity index (χ0v) is 17.2. The maximum absolute atomic E-state index is 14.0. The van der Waals surface area contributed by atoms with E-state index in [4.69, 9.17) is 0 Å². The molecule has 0 radical (unpaired) electrons. The van der Waals surface area contributed by atoms with Crippen molar-refractivity contribution in [1.29, 1.82) is 0 Å². The van der Waals surface area contributed by atoms with Gasteiger partial charge in [0, 0.05) is 34.1 Å². The van der Waals surface area contributed by atoms with Gasteiger partial charge in [-0.2, -0.15) is 13.2 Å². The number of hydrogen-bond acceptors (Lipinski definition) is 3. The van der Waals surface area contributed by atoms with Crippen LogP contribution in [0.1, 0.15) is 16.7 Å². The third-order valence-corrected chi connectivity index (χ3v) is 6.19. The molecule has 1 aliphatic rings. The molecule has 0 aromatic heterocycles. The number of alkyl halides is 3. The van der Waals surface area contributed by atoms with Crippen LogP contribution in [0.2, 0.25) is 0 Å². The van der Waals surface area contributed by atoms with Crippen LogP contribution in [-0.2, 0) is 21.0 Å². The maximum Gasteiger partial charge on any atom is 0.416 e. The predicted molar refractivity (Wildman–Crippen MR) is 112 cm³/mol. The highest BCUT2D eigenvalue weighted by Gasteiger charge is 2.30. The van der Waals surface area contributed by atoms with Crippen LogP contribution in [0.3, 0.4) is 0 Å². The molecule has 5 nitrogen and oxygen atoms in total. The first-order valence-electron chi connectivity index (χ1n) is 9.27. The summed E-state index contributed by atoms with van der Waals surface area (Å²) in [5.74, 6) is -2.32. The van der Waals surface area contributed by atoms with E-state index in [2.05, 4.69) is 10.0 Å². The van der Waals surface area contributed by atoms with Crippen molar-refractivity contribution in [3.05, 3.63) is 89.0 Å². The molecule has 1 amide bonds. The first-order chi connectivity index (χ1) is 15.4. The molecule has 0 atom stereocenters. The summed E-state index contributed by atoms with van der Waals surface area (Å²) < 4.78 is 93.0. The lowest BCUT2D eigenvalue weighted by Crippen LogP contribution is -2.13. The minimum Gasteiger partial charge on any atom is -0.321 e. The Balaban J connectivity index is 1.67. The van der Waals surface area contributed by atoms with E-state index in [0.29, 0.717) is 6.07 Å². The van der Waals surface area contributed by atoms with Crippen molar-refractivity contribution >= 4 is 39.0 Å². The lowest BCUT2D eigenvalue weighted by atomic mass is 10.0. The summed E-state index contributed by atoms with van der Waals surface area (Å²) in [5.41, 5.74) is -0.703. The smallest absolute Gasteiger partial charge is 0.321 e. The van der Waals surface area contributed by atoms with Crippen LogP contribution in [0.15, 0.2) is 65.6 Å². The number of benzene rings is 3. The van der Waals surface area contributed by atoms with Crippen LogP contribution in [0, 0.1) is 11.6 Å². The van der Waals surface area contributed by atoms with Gasteiger partial charge in [0.25, 0.3) is 15.9 Å². The van der Waals surface area contributed by atoms with E-state index < -0.39 is 39.3 Å². The molecule has 0 bridgehead atoms. The standard InChI is InChI=1S/C22H13F5N2O3S/c23-14-4-1-12(19(24)10-14)9-18-17-11-16(7-8-20(17)28-21(18)30)33(31,32)29-15-5-2-13(3-6-15)22(25,26)27/h1-11,29H,(H,28,30). The number of fused-ring (bicyclic) bond motifs is 1. The molecule has 170 valence electrons. The first kappa shape index (κ1) is 22.5. The molecule has 1 heterocycles. The topological polar surface area (TPSA) is 75.3 Å². The number of sulfonamides is 1. The molecule has 4 rings (SSSR count). The van der Waals surface area contributed by atoms with E-state index in [9.17, 15) is 35.2 Å². The number of nitrogens with one attached hydrogen (secondary N) is 2. The highest BCUT2D eigenvalue weighted by molar-refractivity contribution is 7.92. The minimum atomic E-state index is -4.57. The number of halogens is 5. The van der Waals surface area contributed by atoms with Crippen LogP contribution in [0.25, 0.3) is 11.6 Å². The van der Waals surface area contributed by atoms with Gasteiger partial charge in [0.2, 0.25) is 0 Å². The molecule has 11 heteroatoms. The Morgan fingerprint density at radius 3 is 2.24 bits per heavy atom. The largest absolute Gasteiger partial charge is 0.416 e. The van der Waals surface area contributed by atoms with Gasteiger partial charge in [-0.05, 0) is 60.7 Å². The number of anilines is 2. The fraction of sp³-hybridized carbons (Fsp3) is 0.0455. The van der Waals surface area contributed by atoms with Crippen molar-refractivity contribution in [3.63, 3.8) is 0 Å². The molecule has 33 heavy (non-hydrogen) atoms. The fourth-order valence-electron chi connectivity index (χ4n) is 3.19. The molecule has 2 N–H and O–H groups in total. The quantitative estimate of drug-likeness (QED) is 0.394. The number of rotatable bonds is 4. The zero-order chi connectivity index (χ0) is 24.0. The van der Waals surface area contributed by atoms with Gasteiger partial charge in [0.05, 0.1) is 10.5 Å². The highest BCUT2D eigenvalue weighted by atomic mass is 32.2. The average molecular weight is 480 g/mol.